The van der Waals surface area contributed by atoms with Crippen LogP contribution in [0.1, 0.15) is 69.5 Å². The maximum absolute atomic E-state index is 15.2. The summed E-state index contributed by atoms with van der Waals surface area (Å²) in [7, 11) is 2.16. The lowest BCUT2D eigenvalue weighted by Crippen LogP contribution is -2.49. The predicted octanol–water partition coefficient (Wildman–Crippen LogP) is 6.54. The third kappa shape index (κ3) is 5.33. The molecule has 1 aliphatic carbocycles. The van der Waals surface area contributed by atoms with Crippen molar-refractivity contribution in [1.82, 2.24) is 19.9 Å². The molecule has 1 aromatic carbocycles. The Hall–Kier alpha value is -3.40. The van der Waals surface area contributed by atoms with Gasteiger partial charge in [0.1, 0.15) is 11.5 Å². The summed E-state index contributed by atoms with van der Waals surface area (Å²) in [6.45, 7) is 7.11. The number of likely N-dealkylation sites (tertiary alicyclic amines) is 1. The molecule has 1 saturated carbocycles. The summed E-state index contributed by atoms with van der Waals surface area (Å²) in [6, 6.07) is 6.65. The van der Waals surface area contributed by atoms with Crippen LogP contribution in [0.2, 0.25) is 0 Å². The maximum Gasteiger partial charge on any atom is 0.263 e. The number of nitrogens with one attached hydrogen (secondary N) is 1. The fraction of sp³-hybridized carbons (Fsp3) is 0.500. The Labute approximate surface area is 232 Å². The lowest BCUT2D eigenvalue weighted by atomic mass is 9.87. The van der Waals surface area contributed by atoms with Crippen molar-refractivity contribution in [2.24, 2.45) is 0 Å². The standard InChI is InChI=1S/C30H35F3N6O/c1-17(2)39-16-30(3,33)40-28-22(31)13-20(14-24(28)39)27-23(32)15-34-29(37-27)36-25-8-7-21(26(35-25)19-5-6-19)18-9-11-38(4)12-10-18/h7-8,13-15,17-19H,5-6,9-12,16H2,1-4H3,(H,34,35,36,37). The molecule has 2 aromatic heterocycles. The van der Waals surface area contributed by atoms with Crippen LogP contribution < -0.4 is 15.0 Å². The Balaban J connectivity index is 1.30. The number of nitrogens with zero attached hydrogens (tertiary/aromatic N) is 5. The van der Waals surface area contributed by atoms with Crippen molar-refractivity contribution in [1.29, 1.82) is 0 Å². The van der Waals surface area contributed by atoms with Gasteiger partial charge in [-0.15, -0.1) is 0 Å². The van der Waals surface area contributed by atoms with Crippen molar-refractivity contribution in [2.75, 3.05) is 36.9 Å². The minimum atomic E-state index is -2.05. The van der Waals surface area contributed by atoms with E-state index in [-0.39, 0.29) is 35.5 Å². The molecule has 3 aromatic rings. The molecule has 1 N–H and O–H groups in total. The number of anilines is 3. The highest BCUT2D eigenvalue weighted by Crippen LogP contribution is 2.45. The van der Waals surface area contributed by atoms with Crippen LogP contribution in [-0.4, -0.2) is 58.4 Å². The first-order valence-electron chi connectivity index (χ1n) is 14.1. The van der Waals surface area contributed by atoms with Gasteiger partial charge in [0.05, 0.1) is 18.4 Å². The predicted molar refractivity (Wildman–Crippen MR) is 149 cm³/mol. The second-order valence-corrected chi connectivity index (χ2v) is 11.8. The molecule has 1 atom stereocenters. The van der Waals surface area contributed by atoms with E-state index in [1.165, 1.54) is 12.5 Å². The highest BCUT2D eigenvalue weighted by Gasteiger charge is 2.39. The second-order valence-electron chi connectivity index (χ2n) is 11.8. The van der Waals surface area contributed by atoms with Crippen LogP contribution in [0.4, 0.5) is 30.6 Å². The summed E-state index contributed by atoms with van der Waals surface area (Å²) >= 11 is 0. The summed E-state index contributed by atoms with van der Waals surface area (Å²) in [4.78, 5) is 17.5. The molecular formula is C30H35F3N6O. The molecule has 40 heavy (non-hydrogen) atoms. The summed E-state index contributed by atoms with van der Waals surface area (Å²) < 4.78 is 50.3. The fourth-order valence-electron chi connectivity index (χ4n) is 5.77. The highest BCUT2D eigenvalue weighted by molar-refractivity contribution is 5.73. The Morgan fingerprint density at radius 1 is 1.02 bits per heavy atom. The van der Waals surface area contributed by atoms with Crippen molar-refractivity contribution < 1.29 is 17.9 Å². The molecule has 6 rings (SSSR count). The largest absolute Gasteiger partial charge is 0.451 e. The summed E-state index contributed by atoms with van der Waals surface area (Å²) in [5.74, 6) is -2.00. The Morgan fingerprint density at radius 2 is 1.77 bits per heavy atom. The lowest BCUT2D eigenvalue weighted by Gasteiger charge is -2.40. The first-order chi connectivity index (χ1) is 19.1. The first kappa shape index (κ1) is 26.8. The van der Waals surface area contributed by atoms with Crippen molar-refractivity contribution in [3.63, 3.8) is 0 Å². The van der Waals surface area contributed by atoms with Gasteiger partial charge < -0.3 is 19.9 Å². The van der Waals surface area contributed by atoms with E-state index in [2.05, 4.69) is 33.3 Å². The summed E-state index contributed by atoms with van der Waals surface area (Å²) in [5.41, 5.74) is 2.95. The van der Waals surface area contributed by atoms with Crippen LogP contribution in [0.5, 0.6) is 5.75 Å². The molecule has 2 aliphatic heterocycles. The molecule has 7 nitrogen and oxygen atoms in total. The Morgan fingerprint density at radius 3 is 2.48 bits per heavy atom. The molecule has 3 aliphatic rings. The molecule has 0 radical (unpaired) electrons. The molecule has 1 unspecified atom stereocenters. The van der Waals surface area contributed by atoms with Crippen molar-refractivity contribution in [3.8, 4) is 17.0 Å². The number of benzene rings is 1. The van der Waals surface area contributed by atoms with E-state index in [4.69, 9.17) is 9.72 Å². The zero-order valence-corrected chi connectivity index (χ0v) is 23.3. The molecular weight excluding hydrogens is 517 g/mol. The van der Waals surface area contributed by atoms with Crippen molar-refractivity contribution in [3.05, 3.63) is 53.4 Å². The highest BCUT2D eigenvalue weighted by atomic mass is 19.2. The van der Waals surface area contributed by atoms with Gasteiger partial charge in [-0.3, -0.25) is 0 Å². The molecule has 0 amide bonds. The lowest BCUT2D eigenvalue weighted by molar-refractivity contribution is -0.0475. The summed E-state index contributed by atoms with van der Waals surface area (Å²) in [6.07, 6.45) is 5.57. The van der Waals surface area contributed by atoms with Crippen molar-refractivity contribution in [2.45, 2.75) is 70.2 Å². The normalized spacial score (nSPS) is 21.9. The molecule has 0 spiro atoms. The minimum absolute atomic E-state index is 0.0677. The third-order valence-corrected chi connectivity index (χ3v) is 8.06. The molecule has 212 valence electrons. The minimum Gasteiger partial charge on any atom is -0.451 e. The topological polar surface area (TPSA) is 66.4 Å². The van der Waals surface area contributed by atoms with Crippen LogP contribution in [0.15, 0.2) is 30.5 Å². The first-order valence-corrected chi connectivity index (χ1v) is 14.1. The molecule has 1 saturated heterocycles. The monoisotopic (exact) mass is 552 g/mol. The Kier molecular flexibility index (Phi) is 6.84. The van der Waals surface area contributed by atoms with E-state index < -0.39 is 17.5 Å². The quantitative estimate of drug-likeness (QED) is 0.373. The number of halogens is 3. The third-order valence-electron chi connectivity index (χ3n) is 8.06. The second kappa shape index (κ2) is 10.2. The van der Waals surface area contributed by atoms with E-state index >= 15 is 8.78 Å². The zero-order valence-electron chi connectivity index (χ0n) is 23.3. The van der Waals surface area contributed by atoms with Gasteiger partial charge in [-0.25, -0.2) is 23.7 Å². The van der Waals surface area contributed by atoms with Gasteiger partial charge >= 0.3 is 0 Å². The molecule has 2 fully saturated rings. The van der Waals surface area contributed by atoms with Gasteiger partial charge in [0, 0.05) is 30.1 Å². The van der Waals surface area contributed by atoms with Gasteiger partial charge in [-0.05, 0) is 89.3 Å². The SMILES string of the molecule is CC(C)N1CC(C)(F)Oc2c(F)cc(-c3nc(Nc4ccc(C5CCN(C)CC5)c(C5CC5)n4)ncc3F)cc21. The van der Waals surface area contributed by atoms with Gasteiger partial charge in [-0.1, -0.05) is 6.07 Å². The van der Waals surface area contributed by atoms with E-state index in [1.54, 1.807) is 11.0 Å². The van der Waals surface area contributed by atoms with Gasteiger partial charge in [0.15, 0.2) is 17.4 Å². The fourth-order valence-corrected chi connectivity index (χ4v) is 5.77. The van der Waals surface area contributed by atoms with Crippen molar-refractivity contribution >= 4 is 17.5 Å². The average molecular weight is 553 g/mol. The number of pyridine rings is 1. The molecule has 10 heteroatoms. The number of aromatic nitrogens is 3. The number of alkyl halides is 1. The van der Waals surface area contributed by atoms with Crippen LogP contribution in [0.25, 0.3) is 11.3 Å². The molecule has 4 heterocycles. The number of piperidine rings is 1. The van der Waals surface area contributed by atoms with E-state index in [0.717, 1.165) is 56.7 Å². The van der Waals surface area contributed by atoms with Gasteiger partial charge in [0.2, 0.25) is 5.95 Å². The van der Waals surface area contributed by atoms with E-state index in [0.29, 0.717) is 23.3 Å². The van der Waals surface area contributed by atoms with Gasteiger partial charge in [-0.2, -0.15) is 4.39 Å². The number of fused-ring (bicyclic) bond motifs is 1. The van der Waals surface area contributed by atoms with Gasteiger partial charge in [0.25, 0.3) is 5.85 Å². The number of ether oxygens (including phenoxy) is 1. The Bertz CT molecular complexity index is 1420. The number of rotatable bonds is 6. The zero-order chi connectivity index (χ0) is 28.2. The van der Waals surface area contributed by atoms with Crippen LogP contribution in [0, 0.1) is 11.6 Å². The maximum atomic E-state index is 15.2. The molecule has 0 bridgehead atoms. The van der Waals surface area contributed by atoms with Crippen LogP contribution >= 0.6 is 0 Å². The summed E-state index contributed by atoms with van der Waals surface area (Å²) in [5, 5.41) is 3.13. The average Bonchev–Trinajstić information content (AvgIpc) is 3.76. The van der Waals surface area contributed by atoms with E-state index in [9.17, 15) is 4.39 Å². The number of hydrogen-bond acceptors (Lipinski definition) is 7. The van der Waals surface area contributed by atoms with Crippen LogP contribution in [0.3, 0.4) is 0 Å². The number of hydrogen-bond donors (Lipinski definition) is 1. The smallest absolute Gasteiger partial charge is 0.263 e. The van der Waals surface area contributed by atoms with E-state index in [1.807, 2.05) is 19.9 Å². The van der Waals surface area contributed by atoms with Crippen LogP contribution in [-0.2, 0) is 0 Å².